The van der Waals surface area contributed by atoms with Crippen LogP contribution in [-0.4, -0.2) is 29.6 Å². The zero-order valence-corrected chi connectivity index (χ0v) is 16.4. The summed E-state index contributed by atoms with van der Waals surface area (Å²) < 4.78 is 0. The Bertz CT molecular complexity index is 1200. The smallest absolute Gasteiger partial charge is 0.257 e. The first-order valence-electron chi connectivity index (χ1n) is 10.4. The molecule has 1 aliphatic heterocycles. The Morgan fingerprint density at radius 1 is 0.966 bits per heavy atom. The van der Waals surface area contributed by atoms with Gasteiger partial charge in [0, 0.05) is 23.0 Å². The minimum absolute atomic E-state index is 0.0711. The number of benzene rings is 2. The molecule has 1 unspecified atom stereocenters. The first-order valence-corrected chi connectivity index (χ1v) is 10.4. The van der Waals surface area contributed by atoms with E-state index in [1.807, 2.05) is 30.3 Å². The standard InChI is InChI=1S/C24H26N4O/c29-24-20(11-18-5-1-2-6-21(18)28-24)23-12-19-10-16(7-8-22(19)27-23)13-26-15-17-4-3-9-25-14-17/h1-2,5-8,10-12,17,25-27H,3-4,9,13-15H2,(H,28,29). The number of pyridine rings is 1. The molecule has 3 heterocycles. The highest BCUT2D eigenvalue weighted by Gasteiger charge is 2.12. The van der Waals surface area contributed by atoms with Crippen LogP contribution >= 0.6 is 0 Å². The summed E-state index contributed by atoms with van der Waals surface area (Å²) in [6, 6.07) is 18.4. The van der Waals surface area contributed by atoms with E-state index in [-0.39, 0.29) is 5.56 Å². The molecule has 5 rings (SSSR count). The van der Waals surface area contributed by atoms with E-state index >= 15 is 0 Å². The molecule has 1 aliphatic rings. The lowest BCUT2D eigenvalue weighted by atomic mass is 10.00. The van der Waals surface area contributed by atoms with Crippen molar-refractivity contribution < 1.29 is 0 Å². The number of aromatic nitrogens is 2. The molecule has 0 bridgehead atoms. The molecule has 0 saturated carbocycles. The van der Waals surface area contributed by atoms with E-state index in [1.165, 1.54) is 18.4 Å². The lowest BCUT2D eigenvalue weighted by Gasteiger charge is -2.22. The summed E-state index contributed by atoms with van der Waals surface area (Å²) in [4.78, 5) is 19.0. The number of rotatable bonds is 5. The van der Waals surface area contributed by atoms with E-state index in [0.29, 0.717) is 5.56 Å². The van der Waals surface area contributed by atoms with Crippen molar-refractivity contribution in [3.8, 4) is 11.3 Å². The molecule has 2 aromatic carbocycles. The van der Waals surface area contributed by atoms with E-state index in [0.717, 1.165) is 59.6 Å². The summed E-state index contributed by atoms with van der Waals surface area (Å²) >= 11 is 0. The maximum atomic E-state index is 12.6. The van der Waals surface area contributed by atoms with Gasteiger partial charge in [0.2, 0.25) is 0 Å². The van der Waals surface area contributed by atoms with E-state index in [2.05, 4.69) is 44.9 Å². The molecule has 148 valence electrons. The van der Waals surface area contributed by atoms with Crippen LogP contribution in [0.3, 0.4) is 0 Å². The van der Waals surface area contributed by atoms with Crippen LogP contribution in [0, 0.1) is 5.92 Å². The van der Waals surface area contributed by atoms with Crippen LogP contribution in [-0.2, 0) is 6.54 Å². The lowest BCUT2D eigenvalue weighted by Crippen LogP contribution is -2.35. The second-order valence-electron chi connectivity index (χ2n) is 8.05. The Kier molecular flexibility index (Phi) is 4.92. The second kappa shape index (κ2) is 7.85. The van der Waals surface area contributed by atoms with Gasteiger partial charge in [-0.3, -0.25) is 4.79 Å². The number of nitrogens with one attached hydrogen (secondary N) is 4. The van der Waals surface area contributed by atoms with Gasteiger partial charge in [0.25, 0.3) is 5.56 Å². The van der Waals surface area contributed by atoms with Crippen molar-refractivity contribution in [1.82, 2.24) is 20.6 Å². The topological polar surface area (TPSA) is 72.7 Å². The summed E-state index contributed by atoms with van der Waals surface area (Å²) in [5.74, 6) is 0.728. The number of hydrogen-bond acceptors (Lipinski definition) is 3. The van der Waals surface area contributed by atoms with Gasteiger partial charge in [0.15, 0.2) is 0 Å². The quantitative estimate of drug-likeness (QED) is 0.422. The fraction of sp³-hybridized carbons (Fsp3) is 0.292. The third kappa shape index (κ3) is 3.84. The molecule has 0 spiro atoms. The van der Waals surface area contributed by atoms with Gasteiger partial charge in [0.05, 0.1) is 11.3 Å². The van der Waals surface area contributed by atoms with E-state index in [9.17, 15) is 4.79 Å². The van der Waals surface area contributed by atoms with Crippen molar-refractivity contribution in [3.63, 3.8) is 0 Å². The first-order chi connectivity index (χ1) is 14.3. The second-order valence-corrected chi connectivity index (χ2v) is 8.05. The van der Waals surface area contributed by atoms with Gasteiger partial charge in [-0.05, 0) is 79.7 Å². The maximum Gasteiger partial charge on any atom is 0.257 e. The molecule has 5 heteroatoms. The van der Waals surface area contributed by atoms with Crippen molar-refractivity contribution in [2.45, 2.75) is 19.4 Å². The van der Waals surface area contributed by atoms with Crippen molar-refractivity contribution >= 4 is 21.8 Å². The fourth-order valence-electron chi connectivity index (χ4n) is 4.30. The van der Waals surface area contributed by atoms with Gasteiger partial charge in [-0.25, -0.2) is 0 Å². The first kappa shape index (κ1) is 18.2. The normalized spacial score (nSPS) is 17.2. The van der Waals surface area contributed by atoms with Gasteiger partial charge in [0.1, 0.15) is 0 Å². The molecular weight excluding hydrogens is 360 g/mol. The largest absolute Gasteiger partial charge is 0.354 e. The number of H-pyrrole nitrogens is 2. The number of para-hydroxylation sites is 1. The number of aromatic amines is 2. The molecule has 1 saturated heterocycles. The van der Waals surface area contributed by atoms with Crippen LogP contribution in [0.2, 0.25) is 0 Å². The van der Waals surface area contributed by atoms with E-state index in [1.54, 1.807) is 0 Å². The van der Waals surface area contributed by atoms with Crippen LogP contribution in [0.4, 0.5) is 0 Å². The average molecular weight is 386 g/mol. The molecule has 5 nitrogen and oxygen atoms in total. The molecular formula is C24H26N4O. The highest BCUT2D eigenvalue weighted by atomic mass is 16.1. The van der Waals surface area contributed by atoms with Gasteiger partial charge in [-0.1, -0.05) is 24.3 Å². The van der Waals surface area contributed by atoms with Crippen molar-refractivity contribution in [2.75, 3.05) is 19.6 Å². The summed E-state index contributed by atoms with van der Waals surface area (Å²) in [5.41, 5.74) is 4.62. The van der Waals surface area contributed by atoms with Crippen LogP contribution in [0.1, 0.15) is 18.4 Å². The highest BCUT2D eigenvalue weighted by molar-refractivity contribution is 5.89. The molecule has 0 radical (unpaired) electrons. The van der Waals surface area contributed by atoms with Gasteiger partial charge in [-0.15, -0.1) is 0 Å². The fourth-order valence-corrected chi connectivity index (χ4v) is 4.30. The SMILES string of the molecule is O=c1[nH]c2ccccc2cc1-c1cc2cc(CNCC3CCCNC3)ccc2[nH]1. The Hall–Kier alpha value is -2.89. The molecule has 1 atom stereocenters. The Morgan fingerprint density at radius 2 is 1.86 bits per heavy atom. The molecule has 1 fully saturated rings. The number of fused-ring (bicyclic) bond motifs is 2. The van der Waals surface area contributed by atoms with E-state index in [4.69, 9.17) is 0 Å². The van der Waals surface area contributed by atoms with Gasteiger partial charge in [-0.2, -0.15) is 0 Å². The Labute approximate surface area is 169 Å². The van der Waals surface area contributed by atoms with Gasteiger partial charge < -0.3 is 20.6 Å². The summed E-state index contributed by atoms with van der Waals surface area (Å²) in [6.45, 7) is 4.19. The zero-order valence-electron chi connectivity index (χ0n) is 16.4. The number of piperidine rings is 1. The van der Waals surface area contributed by atoms with Crippen LogP contribution in [0.5, 0.6) is 0 Å². The molecule has 0 aliphatic carbocycles. The summed E-state index contributed by atoms with van der Waals surface area (Å²) in [6.07, 6.45) is 2.58. The average Bonchev–Trinajstić information content (AvgIpc) is 3.17. The van der Waals surface area contributed by atoms with Crippen LogP contribution in [0.15, 0.2) is 59.4 Å². The molecule has 2 aromatic heterocycles. The maximum absolute atomic E-state index is 12.6. The minimum Gasteiger partial charge on any atom is -0.354 e. The van der Waals surface area contributed by atoms with Crippen molar-refractivity contribution in [1.29, 1.82) is 0 Å². The van der Waals surface area contributed by atoms with Gasteiger partial charge >= 0.3 is 0 Å². The third-order valence-corrected chi connectivity index (χ3v) is 5.89. The van der Waals surface area contributed by atoms with Crippen molar-refractivity contribution in [3.05, 3.63) is 70.5 Å². The Morgan fingerprint density at radius 3 is 2.76 bits per heavy atom. The summed E-state index contributed by atoms with van der Waals surface area (Å²) in [7, 11) is 0. The lowest BCUT2D eigenvalue weighted by molar-refractivity contribution is 0.360. The molecule has 4 N–H and O–H groups in total. The molecule has 0 amide bonds. The highest BCUT2D eigenvalue weighted by Crippen LogP contribution is 2.24. The Balaban J connectivity index is 1.36. The molecule has 4 aromatic rings. The monoisotopic (exact) mass is 386 g/mol. The van der Waals surface area contributed by atoms with Crippen LogP contribution in [0.25, 0.3) is 33.1 Å². The number of hydrogen-bond donors (Lipinski definition) is 4. The predicted octanol–water partition coefficient (Wildman–Crippen LogP) is 3.77. The summed E-state index contributed by atoms with van der Waals surface area (Å²) in [5, 5.41) is 9.23. The molecule has 29 heavy (non-hydrogen) atoms. The zero-order chi connectivity index (χ0) is 19.6. The van der Waals surface area contributed by atoms with E-state index < -0.39 is 0 Å². The minimum atomic E-state index is -0.0711. The van der Waals surface area contributed by atoms with Crippen molar-refractivity contribution in [2.24, 2.45) is 5.92 Å². The van der Waals surface area contributed by atoms with Crippen LogP contribution < -0.4 is 16.2 Å². The predicted molar refractivity (Wildman–Crippen MR) is 119 cm³/mol. The third-order valence-electron chi connectivity index (χ3n) is 5.89.